The molecule has 1 rings (SSSR count). The molecule has 0 spiro atoms. The van der Waals surface area contributed by atoms with Crippen molar-refractivity contribution in [2.24, 2.45) is 5.92 Å². The number of pyridine rings is 1. The quantitative estimate of drug-likeness (QED) is 0.754. The summed E-state index contributed by atoms with van der Waals surface area (Å²) in [6.45, 7) is 5.36. The first-order chi connectivity index (χ1) is 7.17. The van der Waals surface area contributed by atoms with Crippen molar-refractivity contribution in [1.82, 2.24) is 4.98 Å². The lowest BCUT2D eigenvalue weighted by molar-refractivity contribution is 0.558. The monoisotopic (exact) mass is 203 g/mol. The summed E-state index contributed by atoms with van der Waals surface area (Å²) in [5, 5.41) is 8.78. The minimum absolute atomic E-state index is 0.641. The molecule has 15 heavy (non-hydrogen) atoms. The molecular formula is C12H17N3. The van der Waals surface area contributed by atoms with Crippen molar-refractivity contribution in [3.63, 3.8) is 0 Å². The maximum absolute atomic E-state index is 8.78. The zero-order chi connectivity index (χ0) is 11.3. The summed E-state index contributed by atoms with van der Waals surface area (Å²) in [7, 11) is 2.01. The molecule has 3 heteroatoms. The Hall–Kier alpha value is -1.56. The number of anilines is 1. The second-order valence-electron chi connectivity index (χ2n) is 3.91. The van der Waals surface area contributed by atoms with E-state index in [-0.39, 0.29) is 0 Å². The molecule has 0 saturated heterocycles. The summed E-state index contributed by atoms with van der Waals surface area (Å²) < 4.78 is 0. The molecule has 0 aliphatic rings. The molecule has 0 radical (unpaired) electrons. The van der Waals surface area contributed by atoms with Gasteiger partial charge >= 0.3 is 0 Å². The van der Waals surface area contributed by atoms with E-state index >= 15 is 0 Å². The van der Waals surface area contributed by atoms with E-state index in [9.17, 15) is 0 Å². The van der Waals surface area contributed by atoms with Crippen LogP contribution in [0.25, 0.3) is 0 Å². The Kier molecular flexibility index (Phi) is 4.11. The van der Waals surface area contributed by atoms with Crippen LogP contribution >= 0.6 is 0 Å². The van der Waals surface area contributed by atoms with Crippen LogP contribution in [-0.4, -0.2) is 18.6 Å². The molecule has 0 bridgehead atoms. The molecule has 0 amide bonds. The molecule has 1 heterocycles. The molecule has 0 aliphatic carbocycles. The summed E-state index contributed by atoms with van der Waals surface area (Å²) in [6.07, 6.45) is 2.84. The van der Waals surface area contributed by atoms with Gasteiger partial charge in [-0.15, -0.1) is 0 Å². The largest absolute Gasteiger partial charge is 0.359 e. The van der Waals surface area contributed by atoms with Crippen molar-refractivity contribution in [3.8, 4) is 6.07 Å². The van der Waals surface area contributed by atoms with Crippen LogP contribution in [0.3, 0.4) is 0 Å². The number of rotatable bonds is 4. The molecule has 1 aromatic heterocycles. The van der Waals surface area contributed by atoms with E-state index in [1.54, 1.807) is 12.3 Å². The Morgan fingerprint density at radius 3 is 2.93 bits per heavy atom. The van der Waals surface area contributed by atoms with Crippen LogP contribution in [0.1, 0.15) is 25.8 Å². The van der Waals surface area contributed by atoms with E-state index < -0.39 is 0 Å². The van der Waals surface area contributed by atoms with Crippen LogP contribution in [0, 0.1) is 17.2 Å². The number of hydrogen-bond acceptors (Lipinski definition) is 3. The Labute approximate surface area is 91.4 Å². The predicted molar refractivity (Wildman–Crippen MR) is 61.7 cm³/mol. The van der Waals surface area contributed by atoms with Crippen molar-refractivity contribution in [2.75, 3.05) is 18.5 Å². The van der Waals surface area contributed by atoms with E-state index in [2.05, 4.69) is 29.8 Å². The molecule has 0 N–H and O–H groups in total. The first-order valence-corrected chi connectivity index (χ1v) is 5.24. The lowest BCUT2D eigenvalue weighted by Gasteiger charge is -2.21. The van der Waals surface area contributed by atoms with E-state index in [4.69, 9.17) is 5.26 Å². The van der Waals surface area contributed by atoms with Gasteiger partial charge in [0.25, 0.3) is 0 Å². The zero-order valence-corrected chi connectivity index (χ0v) is 9.57. The van der Waals surface area contributed by atoms with E-state index in [0.29, 0.717) is 11.5 Å². The van der Waals surface area contributed by atoms with E-state index in [1.807, 2.05) is 13.1 Å². The molecule has 0 fully saturated rings. The average Bonchev–Trinajstić information content (AvgIpc) is 2.28. The highest BCUT2D eigenvalue weighted by Crippen LogP contribution is 2.13. The maximum atomic E-state index is 8.78. The summed E-state index contributed by atoms with van der Waals surface area (Å²) >= 11 is 0. The van der Waals surface area contributed by atoms with Crippen LogP contribution in [0.5, 0.6) is 0 Å². The van der Waals surface area contributed by atoms with E-state index in [1.165, 1.54) is 0 Å². The van der Waals surface area contributed by atoms with Gasteiger partial charge < -0.3 is 4.90 Å². The lowest BCUT2D eigenvalue weighted by Crippen LogP contribution is -2.24. The molecule has 0 aromatic carbocycles. The fraction of sp³-hybridized carbons (Fsp3) is 0.500. The van der Waals surface area contributed by atoms with Crippen LogP contribution in [-0.2, 0) is 0 Å². The van der Waals surface area contributed by atoms with Gasteiger partial charge in [-0.25, -0.2) is 4.98 Å². The summed E-state index contributed by atoms with van der Waals surface area (Å²) in [4.78, 5) is 6.34. The van der Waals surface area contributed by atoms with Gasteiger partial charge in [0, 0.05) is 19.8 Å². The van der Waals surface area contributed by atoms with Crippen LogP contribution < -0.4 is 4.90 Å². The number of hydrogen-bond donors (Lipinski definition) is 0. The second kappa shape index (κ2) is 5.35. The third-order valence-electron chi connectivity index (χ3n) is 2.55. The Balaban J connectivity index is 2.73. The molecule has 1 aromatic rings. The van der Waals surface area contributed by atoms with Crippen molar-refractivity contribution in [3.05, 3.63) is 23.9 Å². The Morgan fingerprint density at radius 1 is 1.60 bits per heavy atom. The van der Waals surface area contributed by atoms with E-state index in [0.717, 1.165) is 18.8 Å². The second-order valence-corrected chi connectivity index (χ2v) is 3.91. The zero-order valence-electron chi connectivity index (χ0n) is 9.57. The van der Waals surface area contributed by atoms with Gasteiger partial charge in [-0.2, -0.15) is 5.26 Å². The van der Waals surface area contributed by atoms with Crippen molar-refractivity contribution >= 4 is 5.82 Å². The van der Waals surface area contributed by atoms with Gasteiger partial charge in [-0.1, -0.05) is 20.3 Å². The summed E-state index contributed by atoms with van der Waals surface area (Å²) in [6, 6.07) is 5.67. The SMILES string of the molecule is CCC(C)CN(C)c1cc(C#N)ccn1. The normalized spacial score (nSPS) is 11.9. The molecule has 1 unspecified atom stereocenters. The first-order valence-electron chi connectivity index (χ1n) is 5.24. The van der Waals surface area contributed by atoms with Crippen molar-refractivity contribution in [2.45, 2.75) is 20.3 Å². The third-order valence-corrected chi connectivity index (χ3v) is 2.55. The van der Waals surface area contributed by atoms with Crippen LogP contribution in [0.15, 0.2) is 18.3 Å². The fourth-order valence-electron chi connectivity index (χ4n) is 1.39. The van der Waals surface area contributed by atoms with Gasteiger partial charge in [0.15, 0.2) is 0 Å². The fourth-order valence-corrected chi connectivity index (χ4v) is 1.39. The van der Waals surface area contributed by atoms with Gasteiger partial charge in [-0.3, -0.25) is 0 Å². The first kappa shape index (κ1) is 11.5. The molecule has 0 saturated carbocycles. The summed E-state index contributed by atoms with van der Waals surface area (Å²) in [5.74, 6) is 1.51. The maximum Gasteiger partial charge on any atom is 0.129 e. The lowest BCUT2D eigenvalue weighted by atomic mass is 10.1. The Bertz CT molecular complexity index is 354. The topological polar surface area (TPSA) is 39.9 Å². The number of aromatic nitrogens is 1. The Morgan fingerprint density at radius 2 is 2.33 bits per heavy atom. The number of nitriles is 1. The van der Waals surface area contributed by atoms with Gasteiger partial charge in [0.2, 0.25) is 0 Å². The predicted octanol–water partition coefficient (Wildman–Crippen LogP) is 2.44. The van der Waals surface area contributed by atoms with Crippen molar-refractivity contribution < 1.29 is 0 Å². The van der Waals surface area contributed by atoms with Crippen LogP contribution in [0.2, 0.25) is 0 Å². The van der Waals surface area contributed by atoms with Crippen LogP contribution in [0.4, 0.5) is 5.82 Å². The highest BCUT2D eigenvalue weighted by molar-refractivity contribution is 5.44. The standard InChI is InChI=1S/C12H17N3/c1-4-10(2)9-15(3)12-7-11(8-13)5-6-14-12/h5-7,10H,4,9H2,1-3H3. The molecule has 3 nitrogen and oxygen atoms in total. The van der Waals surface area contributed by atoms with Gasteiger partial charge in [0.05, 0.1) is 11.6 Å². The highest BCUT2D eigenvalue weighted by Gasteiger charge is 2.06. The average molecular weight is 203 g/mol. The molecular weight excluding hydrogens is 186 g/mol. The minimum atomic E-state index is 0.641. The third kappa shape index (κ3) is 3.25. The number of nitrogens with zero attached hydrogens (tertiary/aromatic N) is 3. The molecule has 0 aliphatic heterocycles. The molecule has 80 valence electrons. The highest BCUT2D eigenvalue weighted by atomic mass is 15.2. The smallest absolute Gasteiger partial charge is 0.129 e. The molecule has 1 atom stereocenters. The van der Waals surface area contributed by atoms with Gasteiger partial charge in [-0.05, 0) is 18.1 Å². The van der Waals surface area contributed by atoms with Gasteiger partial charge in [0.1, 0.15) is 5.82 Å². The van der Waals surface area contributed by atoms with Crippen molar-refractivity contribution in [1.29, 1.82) is 5.26 Å². The minimum Gasteiger partial charge on any atom is -0.359 e. The summed E-state index contributed by atoms with van der Waals surface area (Å²) in [5.41, 5.74) is 0.663.